The van der Waals surface area contributed by atoms with Gasteiger partial charge in [-0.05, 0) is 30.9 Å². The molecule has 2 rings (SSSR count). The van der Waals surface area contributed by atoms with Gasteiger partial charge in [0.15, 0.2) is 6.61 Å². The fourth-order valence-corrected chi connectivity index (χ4v) is 2.20. The molecular formula is C14H18F3N3O2. The number of piperidine rings is 1. The average molecular weight is 317 g/mol. The molecule has 8 heteroatoms. The summed E-state index contributed by atoms with van der Waals surface area (Å²) in [4.78, 5) is 17.6. The van der Waals surface area contributed by atoms with Crippen molar-refractivity contribution in [3.05, 3.63) is 23.9 Å². The summed E-state index contributed by atoms with van der Waals surface area (Å²) in [6, 6.07) is 3.64. The molecule has 0 bridgehead atoms. The Kier molecular flexibility index (Phi) is 5.46. The zero-order valence-electron chi connectivity index (χ0n) is 12.0. The van der Waals surface area contributed by atoms with Gasteiger partial charge in [0.05, 0.1) is 0 Å². The van der Waals surface area contributed by atoms with E-state index < -0.39 is 18.9 Å². The van der Waals surface area contributed by atoms with Crippen LogP contribution in [-0.2, 0) is 11.3 Å². The van der Waals surface area contributed by atoms with E-state index in [1.807, 2.05) is 6.07 Å². The number of nitrogens with one attached hydrogen (secondary N) is 1. The van der Waals surface area contributed by atoms with Gasteiger partial charge in [-0.1, -0.05) is 6.07 Å². The molecule has 0 saturated carbocycles. The lowest BCUT2D eigenvalue weighted by molar-refractivity contribution is -0.160. The molecule has 0 aromatic carbocycles. The topological polar surface area (TPSA) is 54.5 Å². The van der Waals surface area contributed by atoms with E-state index in [0.717, 1.165) is 31.7 Å². The van der Waals surface area contributed by atoms with Crippen LogP contribution in [0.4, 0.5) is 23.8 Å². The van der Waals surface area contributed by atoms with E-state index in [2.05, 4.69) is 19.9 Å². The van der Waals surface area contributed by atoms with Crippen LogP contribution in [0.5, 0.6) is 0 Å². The Hall–Kier alpha value is -1.99. The highest BCUT2D eigenvalue weighted by Crippen LogP contribution is 2.17. The molecule has 0 aliphatic carbocycles. The molecule has 0 radical (unpaired) electrons. The van der Waals surface area contributed by atoms with Crippen LogP contribution in [0.15, 0.2) is 18.3 Å². The highest BCUT2D eigenvalue weighted by molar-refractivity contribution is 5.67. The molecule has 1 amide bonds. The number of hydrogen-bond acceptors (Lipinski definition) is 4. The summed E-state index contributed by atoms with van der Waals surface area (Å²) in [5, 5.41) is 2.26. The van der Waals surface area contributed by atoms with Crippen molar-refractivity contribution in [3.63, 3.8) is 0 Å². The number of ether oxygens (including phenoxy) is 1. The van der Waals surface area contributed by atoms with Crippen molar-refractivity contribution in [2.45, 2.75) is 32.0 Å². The maximum Gasteiger partial charge on any atom is 0.422 e. The molecule has 122 valence electrons. The number of halogens is 3. The molecule has 2 heterocycles. The third kappa shape index (κ3) is 5.42. The summed E-state index contributed by atoms with van der Waals surface area (Å²) >= 11 is 0. The molecule has 1 saturated heterocycles. The molecule has 1 aromatic rings. The van der Waals surface area contributed by atoms with E-state index >= 15 is 0 Å². The number of amides is 1. The predicted octanol–water partition coefficient (Wildman–Crippen LogP) is 2.86. The first-order valence-electron chi connectivity index (χ1n) is 7.11. The van der Waals surface area contributed by atoms with Crippen LogP contribution in [0.25, 0.3) is 0 Å². The highest BCUT2D eigenvalue weighted by atomic mass is 19.4. The monoisotopic (exact) mass is 317 g/mol. The second kappa shape index (κ2) is 7.33. The highest BCUT2D eigenvalue weighted by Gasteiger charge is 2.29. The summed E-state index contributed by atoms with van der Waals surface area (Å²) < 4.78 is 39.7. The van der Waals surface area contributed by atoms with Gasteiger partial charge in [0.25, 0.3) is 0 Å². The number of carbonyl (C=O) groups excluding carboxylic acids is 1. The molecule has 0 spiro atoms. The van der Waals surface area contributed by atoms with E-state index in [4.69, 9.17) is 0 Å². The Morgan fingerprint density at radius 2 is 2.00 bits per heavy atom. The van der Waals surface area contributed by atoms with Gasteiger partial charge in [0.2, 0.25) is 0 Å². The van der Waals surface area contributed by atoms with Crippen LogP contribution in [-0.4, -0.2) is 36.9 Å². The first-order chi connectivity index (χ1) is 10.4. The summed E-state index contributed by atoms with van der Waals surface area (Å²) in [5.41, 5.74) is 0.699. The van der Waals surface area contributed by atoms with Gasteiger partial charge < -0.3 is 15.0 Å². The minimum atomic E-state index is -4.52. The molecule has 1 aromatic heterocycles. The number of rotatable bonds is 4. The van der Waals surface area contributed by atoms with E-state index in [1.54, 1.807) is 12.3 Å². The Morgan fingerprint density at radius 3 is 2.59 bits per heavy atom. The van der Waals surface area contributed by atoms with E-state index in [0.29, 0.717) is 5.56 Å². The molecule has 1 fully saturated rings. The van der Waals surface area contributed by atoms with Crippen molar-refractivity contribution in [2.75, 3.05) is 24.6 Å². The summed E-state index contributed by atoms with van der Waals surface area (Å²) in [6.07, 6.45) is -0.481. The maximum absolute atomic E-state index is 11.9. The summed E-state index contributed by atoms with van der Waals surface area (Å²) in [6.45, 7) is 0.442. The number of hydrogen-bond donors (Lipinski definition) is 1. The number of aromatic nitrogens is 1. The molecule has 0 unspecified atom stereocenters. The van der Waals surface area contributed by atoms with Gasteiger partial charge in [0, 0.05) is 25.8 Å². The minimum Gasteiger partial charge on any atom is -0.440 e. The van der Waals surface area contributed by atoms with E-state index in [1.165, 1.54) is 6.42 Å². The predicted molar refractivity (Wildman–Crippen MR) is 74.5 cm³/mol. The number of alkyl carbamates (subject to hydrolysis) is 1. The van der Waals surface area contributed by atoms with Gasteiger partial charge in [-0.15, -0.1) is 0 Å². The Bertz CT molecular complexity index is 485. The van der Waals surface area contributed by atoms with Crippen molar-refractivity contribution in [2.24, 2.45) is 0 Å². The quantitative estimate of drug-likeness (QED) is 0.928. The number of pyridine rings is 1. The number of carbonyl (C=O) groups is 1. The van der Waals surface area contributed by atoms with Crippen LogP contribution < -0.4 is 10.2 Å². The van der Waals surface area contributed by atoms with Gasteiger partial charge in [-0.25, -0.2) is 9.78 Å². The van der Waals surface area contributed by atoms with Crippen LogP contribution in [0.1, 0.15) is 24.8 Å². The lowest BCUT2D eigenvalue weighted by atomic mass is 10.1. The van der Waals surface area contributed by atoms with Crippen LogP contribution in [0.2, 0.25) is 0 Å². The van der Waals surface area contributed by atoms with Crippen LogP contribution >= 0.6 is 0 Å². The molecular weight excluding hydrogens is 299 g/mol. The first-order valence-corrected chi connectivity index (χ1v) is 7.11. The van der Waals surface area contributed by atoms with E-state index in [9.17, 15) is 18.0 Å². The SMILES string of the molecule is O=C(NCc1ccc(N2CCCCC2)nc1)OCC(F)(F)F. The average Bonchev–Trinajstić information content (AvgIpc) is 2.51. The van der Waals surface area contributed by atoms with E-state index in [-0.39, 0.29) is 6.54 Å². The van der Waals surface area contributed by atoms with Crippen molar-refractivity contribution >= 4 is 11.9 Å². The van der Waals surface area contributed by atoms with Crippen molar-refractivity contribution < 1.29 is 22.7 Å². The second-order valence-electron chi connectivity index (χ2n) is 5.12. The largest absolute Gasteiger partial charge is 0.440 e. The minimum absolute atomic E-state index is 0.0734. The molecule has 0 atom stereocenters. The first kappa shape index (κ1) is 16.4. The molecule has 5 nitrogen and oxygen atoms in total. The lowest BCUT2D eigenvalue weighted by Crippen LogP contribution is -2.30. The number of nitrogens with zero attached hydrogens (tertiary/aromatic N) is 2. The lowest BCUT2D eigenvalue weighted by Gasteiger charge is -2.27. The fourth-order valence-electron chi connectivity index (χ4n) is 2.20. The van der Waals surface area contributed by atoms with Crippen molar-refractivity contribution in [3.8, 4) is 0 Å². The Balaban J connectivity index is 1.77. The number of alkyl halides is 3. The normalized spacial score (nSPS) is 15.5. The van der Waals surface area contributed by atoms with Crippen LogP contribution in [0.3, 0.4) is 0 Å². The molecule has 1 aliphatic rings. The standard InChI is InChI=1S/C14H18F3N3O2/c15-14(16,17)10-22-13(21)19-9-11-4-5-12(18-8-11)20-6-2-1-3-7-20/h4-5,8H,1-3,6-7,9-10H2,(H,19,21). The van der Waals surface area contributed by atoms with Gasteiger partial charge >= 0.3 is 12.3 Å². The molecule has 1 N–H and O–H groups in total. The Morgan fingerprint density at radius 1 is 1.27 bits per heavy atom. The summed E-state index contributed by atoms with van der Waals surface area (Å²) in [5.74, 6) is 0.878. The van der Waals surface area contributed by atoms with Crippen molar-refractivity contribution in [1.82, 2.24) is 10.3 Å². The van der Waals surface area contributed by atoms with Gasteiger partial charge in [-0.2, -0.15) is 13.2 Å². The summed E-state index contributed by atoms with van der Waals surface area (Å²) in [7, 11) is 0. The molecule has 22 heavy (non-hydrogen) atoms. The Labute approximate surface area is 126 Å². The maximum atomic E-state index is 11.9. The third-order valence-electron chi connectivity index (χ3n) is 3.29. The fraction of sp³-hybridized carbons (Fsp3) is 0.571. The zero-order chi connectivity index (χ0) is 16.0. The molecule has 1 aliphatic heterocycles. The zero-order valence-corrected chi connectivity index (χ0v) is 12.0. The third-order valence-corrected chi connectivity index (χ3v) is 3.29. The second-order valence-corrected chi connectivity index (χ2v) is 5.12. The smallest absolute Gasteiger partial charge is 0.422 e. The van der Waals surface area contributed by atoms with Crippen molar-refractivity contribution in [1.29, 1.82) is 0 Å². The van der Waals surface area contributed by atoms with Crippen LogP contribution in [0, 0.1) is 0 Å². The van der Waals surface area contributed by atoms with Gasteiger partial charge in [-0.3, -0.25) is 0 Å². The number of anilines is 1. The van der Waals surface area contributed by atoms with Gasteiger partial charge in [0.1, 0.15) is 5.82 Å².